The normalized spacial score (nSPS) is 13.7. The van der Waals surface area contributed by atoms with Gasteiger partial charge in [-0.25, -0.2) is 4.79 Å². The van der Waals surface area contributed by atoms with Crippen LogP contribution >= 0.6 is 15.9 Å². The van der Waals surface area contributed by atoms with Crippen LogP contribution in [0.1, 0.15) is 39.3 Å². The van der Waals surface area contributed by atoms with Crippen LogP contribution in [0, 0.1) is 0 Å². The van der Waals surface area contributed by atoms with Crippen molar-refractivity contribution in [1.29, 1.82) is 0 Å². The molecule has 0 aliphatic carbocycles. The zero-order valence-corrected chi connectivity index (χ0v) is 11.0. The molecule has 0 bridgehead atoms. The first-order chi connectivity index (χ1) is 8.38. The number of hydrogen-bond donors (Lipinski definition) is 2. The van der Waals surface area contributed by atoms with Gasteiger partial charge in [0.25, 0.3) is 0 Å². The van der Waals surface area contributed by atoms with Gasteiger partial charge in [-0.2, -0.15) is 0 Å². The minimum absolute atomic E-state index is 0.0271. The molecule has 0 amide bonds. The van der Waals surface area contributed by atoms with Crippen LogP contribution in [0.2, 0.25) is 0 Å². The maximum Gasteiger partial charge on any atom is 0.337 e. The molecule has 2 atom stereocenters. The smallest absolute Gasteiger partial charge is 0.337 e. The number of hydrogen-bond acceptors (Lipinski definition) is 4. The van der Waals surface area contributed by atoms with Gasteiger partial charge >= 0.3 is 5.97 Å². The van der Waals surface area contributed by atoms with E-state index in [-0.39, 0.29) is 16.9 Å². The molecule has 1 aromatic carbocycles. The van der Waals surface area contributed by atoms with Crippen LogP contribution in [0.3, 0.4) is 0 Å². The second-order valence-corrected chi connectivity index (χ2v) is 4.64. The van der Waals surface area contributed by atoms with E-state index >= 15 is 0 Å². The highest BCUT2D eigenvalue weighted by Crippen LogP contribution is 2.28. The second-order valence-electron chi connectivity index (χ2n) is 3.72. The molecular weight excluding hydrogens is 304 g/mol. The number of Topliss-reactive ketones (excluding diaryl/α,β-unsaturated/α-hetero) is 1. The Kier molecular flexibility index (Phi) is 4.75. The number of aliphatic hydroxyl groups is 1. The number of alkyl halides is 1. The van der Waals surface area contributed by atoms with Crippen LogP contribution in [0.25, 0.3) is 0 Å². The fraction of sp³-hybridized carbons (Fsp3) is 0.250. The second kappa shape index (κ2) is 5.88. The largest absolute Gasteiger partial charge is 0.479 e. The molecule has 0 aliphatic rings. The lowest BCUT2D eigenvalue weighted by Gasteiger charge is -2.13. The SMILES string of the molecule is CC(=O)C(Br)c1ccc(C=O)c(C(O)C(=O)O)c1. The molecule has 0 saturated heterocycles. The summed E-state index contributed by atoms with van der Waals surface area (Å²) >= 11 is 3.15. The average molecular weight is 315 g/mol. The summed E-state index contributed by atoms with van der Waals surface area (Å²) in [4.78, 5) is 32.1. The van der Waals surface area contributed by atoms with Gasteiger partial charge in [-0.1, -0.05) is 34.1 Å². The monoisotopic (exact) mass is 314 g/mol. The number of halogens is 1. The summed E-state index contributed by atoms with van der Waals surface area (Å²) in [5.41, 5.74) is 0.543. The zero-order chi connectivity index (χ0) is 13.9. The highest BCUT2D eigenvalue weighted by molar-refractivity contribution is 9.09. The number of benzene rings is 1. The number of carbonyl (C=O) groups excluding carboxylic acids is 2. The number of carbonyl (C=O) groups is 3. The number of aliphatic hydroxyl groups excluding tert-OH is 1. The summed E-state index contributed by atoms with van der Waals surface area (Å²) in [6, 6.07) is 4.24. The van der Waals surface area contributed by atoms with Gasteiger partial charge in [-0.05, 0) is 12.5 Å². The average Bonchev–Trinajstić information content (AvgIpc) is 2.35. The fourth-order valence-corrected chi connectivity index (χ4v) is 1.75. The van der Waals surface area contributed by atoms with E-state index in [0.29, 0.717) is 11.8 Å². The maximum atomic E-state index is 11.2. The first-order valence-electron chi connectivity index (χ1n) is 5.03. The lowest BCUT2D eigenvalue weighted by atomic mass is 9.98. The summed E-state index contributed by atoms with van der Waals surface area (Å²) in [6.45, 7) is 1.38. The molecule has 2 N–H and O–H groups in total. The highest BCUT2D eigenvalue weighted by Gasteiger charge is 2.22. The van der Waals surface area contributed by atoms with Gasteiger partial charge in [0.05, 0.1) is 4.83 Å². The molecule has 0 fully saturated rings. The molecule has 1 rings (SSSR count). The number of carboxylic acids is 1. The van der Waals surface area contributed by atoms with Crippen molar-refractivity contribution in [2.75, 3.05) is 0 Å². The molecule has 1 aromatic rings. The van der Waals surface area contributed by atoms with Crippen LogP contribution in [-0.4, -0.2) is 28.3 Å². The number of aliphatic carboxylic acids is 1. The predicted octanol–water partition coefficient (Wildman–Crippen LogP) is 1.64. The van der Waals surface area contributed by atoms with Crippen LogP contribution < -0.4 is 0 Å². The van der Waals surface area contributed by atoms with E-state index in [9.17, 15) is 19.5 Å². The number of carboxylic acid groups (broad SMARTS) is 1. The minimum Gasteiger partial charge on any atom is -0.479 e. The molecule has 2 unspecified atom stereocenters. The number of aldehydes is 1. The first-order valence-corrected chi connectivity index (χ1v) is 5.94. The van der Waals surface area contributed by atoms with Crippen LogP contribution in [0.4, 0.5) is 0 Å². The molecule has 0 radical (unpaired) electrons. The van der Waals surface area contributed by atoms with E-state index < -0.39 is 16.9 Å². The van der Waals surface area contributed by atoms with Crippen molar-refractivity contribution in [2.45, 2.75) is 17.9 Å². The van der Waals surface area contributed by atoms with Crippen LogP contribution in [-0.2, 0) is 9.59 Å². The molecule has 5 nitrogen and oxygen atoms in total. The Morgan fingerprint density at radius 1 is 1.39 bits per heavy atom. The van der Waals surface area contributed by atoms with Gasteiger partial charge in [0.15, 0.2) is 6.10 Å². The van der Waals surface area contributed by atoms with Crippen molar-refractivity contribution >= 4 is 34.0 Å². The third-order valence-electron chi connectivity index (χ3n) is 2.42. The molecule has 0 aromatic heterocycles. The number of rotatable bonds is 5. The molecule has 0 heterocycles. The molecule has 18 heavy (non-hydrogen) atoms. The summed E-state index contributed by atoms with van der Waals surface area (Å²) in [5.74, 6) is -1.62. The predicted molar refractivity (Wildman–Crippen MR) is 66.8 cm³/mol. The third kappa shape index (κ3) is 3.02. The highest BCUT2D eigenvalue weighted by atomic mass is 79.9. The lowest BCUT2D eigenvalue weighted by Crippen LogP contribution is -2.14. The molecule has 0 aliphatic heterocycles. The van der Waals surface area contributed by atoms with Crippen LogP contribution in [0.5, 0.6) is 0 Å². The van der Waals surface area contributed by atoms with Gasteiger partial charge in [0, 0.05) is 11.1 Å². The standard InChI is InChI=1S/C12H11BrO5/c1-6(15)10(13)7-2-3-8(5-14)9(4-7)11(16)12(17)18/h2-5,10-11,16H,1H3,(H,17,18). The third-order valence-corrected chi connectivity index (χ3v) is 3.59. The first kappa shape index (κ1) is 14.5. The molecule has 0 spiro atoms. The topological polar surface area (TPSA) is 91.7 Å². The Hall–Kier alpha value is -1.53. The Bertz CT molecular complexity index is 497. The van der Waals surface area contributed by atoms with Crippen molar-refractivity contribution in [2.24, 2.45) is 0 Å². The van der Waals surface area contributed by atoms with Gasteiger partial charge in [0.2, 0.25) is 0 Å². The van der Waals surface area contributed by atoms with Crippen molar-refractivity contribution < 1.29 is 24.6 Å². The van der Waals surface area contributed by atoms with Crippen molar-refractivity contribution in [3.05, 3.63) is 34.9 Å². The fourth-order valence-electron chi connectivity index (χ4n) is 1.46. The van der Waals surface area contributed by atoms with Crippen LogP contribution in [0.15, 0.2) is 18.2 Å². The Morgan fingerprint density at radius 2 is 2.00 bits per heavy atom. The summed E-state index contributed by atoms with van der Waals surface area (Å²) in [6.07, 6.45) is -1.33. The number of ketones is 1. The molecular formula is C12H11BrO5. The van der Waals surface area contributed by atoms with E-state index in [4.69, 9.17) is 5.11 Å². The van der Waals surface area contributed by atoms with Crippen molar-refractivity contribution in [3.8, 4) is 0 Å². The maximum absolute atomic E-state index is 11.2. The molecule has 0 saturated carbocycles. The molecule has 96 valence electrons. The van der Waals surface area contributed by atoms with Crippen molar-refractivity contribution in [1.82, 2.24) is 0 Å². The molecule has 6 heteroatoms. The van der Waals surface area contributed by atoms with Gasteiger partial charge in [0.1, 0.15) is 12.1 Å². The lowest BCUT2D eigenvalue weighted by molar-refractivity contribution is -0.146. The summed E-state index contributed by atoms with van der Waals surface area (Å²) in [5, 5.41) is 18.2. The summed E-state index contributed by atoms with van der Waals surface area (Å²) in [7, 11) is 0. The quantitative estimate of drug-likeness (QED) is 0.637. The van der Waals surface area contributed by atoms with Gasteiger partial charge in [-0.3, -0.25) is 9.59 Å². The minimum atomic E-state index is -1.79. The van der Waals surface area contributed by atoms with Gasteiger partial charge < -0.3 is 10.2 Å². The Morgan fingerprint density at radius 3 is 2.44 bits per heavy atom. The van der Waals surface area contributed by atoms with E-state index in [1.807, 2.05) is 0 Å². The van der Waals surface area contributed by atoms with Gasteiger partial charge in [-0.15, -0.1) is 0 Å². The van der Waals surface area contributed by atoms with E-state index in [1.165, 1.54) is 25.1 Å². The zero-order valence-electron chi connectivity index (χ0n) is 9.46. The van der Waals surface area contributed by atoms with E-state index in [1.54, 1.807) is 0 Å². The van der Waals surface area contributed by atoms with Crippen molar-refractivity contribution in [3.63, 3.8) is 0 Å². The van der Waals surface area contributed by atoms with E-state index in [0.717, 1.165) is 0 Å². The summed E-state index contributed by atoms with van der Waals surface area (Å²) < 4.78 is 0. The Balaban J connectivity index is 3.29. The van der Waals surface area contributed by atoms with E-state index in [2.05, 4.69) is 15.9 Å². The Labute approximate surface area is 112 Å².